The van der Waals surface area contributed by atoms with E-state index in [-0.39, 0.29) is 0 Å². The van der Waals surface area contributed by atoms with Crippen LogP contribution in [0.3, 0.4) is 0 Å². The zero-order valence-corrected chi connectivity index (χ0v) is 18.0. The lowest BCUT2D eigenvalue weighted by Crippen LogP contribution is -1.93. The third-order valence-corrected chi connectivity index (χ3v) is 5.85. The number of fused-ring (bicyclic) bond motifs is 1. The van der Waals surface area contributed by atoms with E-state index in [0.717, 1.165) is 33.3 Å². The molecule has 148 valence electrons. The van der Waals surface area contributed by atoms with Crippen LogP contribution in [0.4, 0.5) is 0 Å². The van der Waals surface area contributed by atoms with Crippen molar-refractivity contribution in [2.75, 3.05) is 0 Å². The van der Waals surface area contributed by atoms with Gasteiger partial charge in [-0.2, -0.15) is 0 Å². The molecule has 0 aliphatic rings. The molecule has 5 heteroatoms. The van der Waals surface area contributed by atoms with Crippen LogP contribution in [0, 0.1) is 6.92 Å². The third kappa shape index (κ3) is 3.02. The molecule has 2 aromatic heterocycles. The molecule has 3 nitrogen and oxygen atoms in total. The molecule has 0 unspecified atom stereocenters. The first kappa shape index (κ1) is 19.0. The number of nitrogens with zero attached hydrogens (tertiary/aromatic N) is 2. The molecule has 3 aromatic carbocycles. The average Bonchev–Trinajstić information content (AvgIpc) is 3.26. The second kappa shape index (κ2) is 7.35. The summed E-state index contributed by atoms with van der Waals surface area (Å²) in [5.74, 6) is 1.28. The monoisotopic (exact) mass is 432 g/mol. The molecule has 0 atom stereocenters. The van der Waals surface area contributed by atoms with Crippen molar-refractivity contribution in [3.8, 4) is 33.8 Å². The lowest BCUT2D eigenvalue weighted by atomic mass is 9.99. The van der Waals surface area contributed by atoms with Gasteiger partial charge in [0.1, 0.15) is 5.69 Å². The fraction of sp³-hybridized carbons (Fsp3) is 0.0800. The number of halogens is 2. The Balaban J connectivity index is 1.88. The fourth-order valence-electron chi connectivity index (χ4n) is 4.02. The summed E-state index contributed by atoms with van der Waals surface area (Å²) in [6.07, 6.45) is 0. The van der Waals surface area contributed by atoms with Crippen molar-refractivity contribution in [1.29, 1.82) is 0 Å². The largest absolute Gasteiger partial charge is 0.440 e. The molecule has 0 bridgehead atoms. The van der Waals surface area contributed by atoms with Crippen LogP contribution in [0.5, 0.6) is 0 Å². The molecule has 0 amide bonds. The molecule has 0 fully saturated rings. The van der Waals surface area contributed by atoms with E-state index in [4.69, 9.17) is 32.6 Å². The molecular formula is C25H18Cl2N2O. The van der Waals surface area contributed by atoms with Crippen LogP contribution in [0.25, 0.3) is 44.7 Å². The van der Waals surface area contributed by atoms with Gasteiger partial charge in [-0.15, -0.1) is 0 Å². The zero-order chi connectivity index (χ0) is 20.8. The molecule has 5 rings (SSSR count). The Labute approximate surface area is 184 Å². The second-order valence-electron chi connectivity index (χ2n) is 7.20. The van der Waals surface area contributed by atoms with Gasteiger partial charge in [-0.25, -0.2) is 4.98 Å². The molecular weight excluding hydrogens is 415 g/mol. The van der Waals surface area contributed by atoms with E-state index in [1.807, 2.05) is 49.4 Å². The van der Waals surface area contributed by atoms with Gasteiger partial charge < -0.3 is 8.98 Å². The van der Waals surface area contributed by atoms with Gasteiger partial charge in [0.15, 0.2) is 11.7 Å². The quantitative estimate of drug-likeness (QED) is 0.291. The van der Waals surface area contributed by atoms with Crippen molar-refractivity contribution in [1.82, 2.24) is 9.55 Å². The molecule has 0 aliphatic carbocycles. The molecule has 0 aliphatic heterocycles. The molecule has 30 heavy (non-hydrogen) atoms. The van der Waals surface area contributed by atoms with E-state index in [9.17, 15) is 0 Å². The lowest BCUT2D eigenvalue weighted by Gasteiger charge is -2.09. The Bertz CT molecular complexity index is 1380. The first-order chi connectivity index (χ1) is 14.5. The standard InChI is InChI=1S/C25H18Cl2N2O/c1-15-28-23(18-13-12-17(26)14-20(18)27)25(30-15)22-19-10-6-7-11-21(19)29(2)24(22)16-8-4-3-5-9-16/h3-14H,1-2H3. The molecule has 2 heterocycles. The molecule has 0 saturated heterocycles. The number of aromatic nitrogens is 2. The Hall–Kier alpha value is -3.01. The number of benzene rings is 3. The first-order valence-electron chi connectivity index (χ1n) is 9.60. The number of oxazole rings is 1. The Morgan fingerprint density at radius 3 is 2.40 bits per heavy atom. The Morgan fingerprint density at radius 2 is 1.63 bits per heavy atom. The highest BCUT2D eigenvalue weighted by molar-refractivity contribution is 6.36. The molecule has 0 N–H and O–H groups in total. The molecule has 0 radical (unpaired) electrons. The number of hydrogen-bond acceptors (Lipinski definition) is 2. The van der Waals surface area contributed by atoms with Crippen LogP contribution in [0.2, 0.25) is 10.0 Å². The van der Waals surface area contributed by atoms with Crippen molar-refractivity contribution >= 4 is 34.1 Å². The van der Waals surface area contributed by atoms with Crippen molar-refractivity contribution in [3.05, 3.63) is 88.7 Å². The summed E-state index contributed by atoms with van der Waals surface area (Å²) in [6.45, 7) is 1.85. The summed E-state index contributed by atoms with van der Waals surface area (Å²) in [5.41, 5.74) is 5.80. The van der Waals surface area contributed by atoms with Gasteiger partial charge in [-0.1, -0.05) is 71.7 Å². The van der Waals surface area contributed by atoms with Crippen molar-refractivity contribution < 1.29 is 4.42 Å². The number of para-hydroxylation sites is 1. The smallest absolute Gasteiger partial charge is 0.192 e. The summed E-state index contributed by atoms with van der Waals surface area (Å²) in [7, 11) is 2.08. The summed E-state index contributed by atoms with van der Waals surface area (Å²) < 4.78 is 8.41. The SMILES string of the molecule is Cc1nc(-c2ccc(Cl)cc2Cl)c(-c2c(-c3ccccc3)n(C)c3ccccc23)o1. The van der Waals surface area contributed by atoms with Gasteiger partial charge in [0.2, 0.25) is 0 Å². The number of aryl methyl sites for hydroxylation is 2. The Morgan fingerprint density at radius 1 is 0.900 bits per heavy atom. The van der Waals surface area contributed by atoms with Gasteiger partial charge in [-0.05, 0) is 29.8 Å². The summed E-state index contributed by atoms with van der Waals surface area (Å²) >= 11 is 12.7. The minimum atomic E-state index is 0.540. The van der Waals surface area contributed by atoms with Gasteiger partial charge in [0.05, 0.1) is 16.3 Å². The summed E-state index contributed by atoms with van der Waals surface area (Å²) in [4.78, 5) is 4.70. The van der Waals surface area contributed by atoms with Crippen LogP contribution in [0.1, 0.15) is 5.89 Å². The lowest BCUT2D eigenvalue weighted by molar-refractivity contribution is 0.535. The maximum absolute atomic E-state index is 6.54. The predicted molar refractivity (Wildman–Crippen MR) is 124 cm³/mol. The highest BCUT2D eigenvalue weighted by Gasteiger charge is 2.25. The highest BCUT2D eigenvalue weighted by atomic mass is 35.5. The van der Waals surface area contributed by atoms with Gasteiger partial charge >= 0.3 is 0 Å². The van der Waals surface area contributed by atoms with Crippen molar-refractivity contribution in [3.63, 3.8) is 0 Å². The summed E-state index contributed by atoms with van der Waals surface area (Å²) in [5, 5.41) is 2.22. The minimum Gasteiger partial charge on any atom is -0.440 e. The van der Waals surface area contributed by atoms with E-state index in [0.29, 0.717) is 27.4 Å². The topological polar surface area (TPSA) is 31.0 Å². The molecule has 5 aromatic rings. The number of hydrogen-bond donors (Lipinski definition) is 0. The van der Waals surface area contributed by atoms with E-state index < -0.39 is 0 Å². The predicted octanol–water partition coefficient (Wildman–Crippen LogP) is 7.78. The van der Waals surface area contributed by atoms with Crippen LogP contribution in [0.15, 0.2) is 77.2 Å². The van der Waals surface area contributed by atoms with Crippen LogP contribution >= 0.6 is 23.2 Å². The third-order valence-electron chi connectivity index (χ3n) is 5.30. The van der Waals surface area contributed by atoms with Gasteiger partial charge in [0, 0.05) is 35.5 Å². The number of rotatable bonds is 3. The van der Waals surface area contributed by atoms with E-state index >= 15 is 0 Å². The highest BCUT2D eigenvalue weighted by Crippen LogP contribution is 2.45. The minimum absolute atomic E-state index is 0.540. The molecule has 0 spiro atoms. The average molecular weight is 433 g/mol. The van der Waals surface area contributed by atoms with E-state index in [2.05, 4.69) is 35.9 Å². The maximum atomic E-state index is 6.54. The normalized spacial score (nSPS) is 11.3. The van der Waals surface area contributed by atoms with Crippen LogP contribution in [-0.4, -0.2) is 9.55 Å². The van der Waals surface area contributed by atoms with E-state index in [1.54, 1.807) is 6.07 Å². The van der Waals surface area contributed by atoms with Crippen LogP contribution < -0.4 is 0 Å². The van der Waals surface area contributed by atoms with Crippen molar-refractivity contribution in [2.45, 2.75) is 6.92 Å². The second-order valence-corrected chi connectivity index (χ2v) is 8.04. The van der Waals surface area contributed by atoms with Crippen LogP contribution in [-0.2, 0) is 7.05 Å². The van der Waals surface area contributed by atoms with Gasteiger partial charge in [-0.3, -0.25) is 0 Å². The Kier molecular flexibility index (Phi) is 4.65. The summed E-state index contributed by atoms with van der Waals surface area (Å²) in [6, 6.07) is 24.1. The first-order valence-corrected chi connectivity index (χ1v) is 10.4. The van der Waals surface area contributed by atoms with E-state index in [1.165, 1.54) is 0 Å². The van der Waals surface area contributed by atoms with Crippen molar-refractivity contribution in [2.24, 2.45) is 7.05 Å². The van der Waals surface area contributed by atoms with Gasteiger partial charge in [0.25, 0.3) is 0 Å². The fourth-order valence-corrected chi connectivity index (χ4v) is 4.52. The zero-order valence-electron chi connectivity index (χ0n) is 16.5. The molecule has 0 saturated carbocycles. The maximum Gasteiger partial charge on any atom is 0.192 e.